The second-order valence-corrected chi connectivity index (χ2v) is 4.51. The molecule has 3 unspecified atom stereocenters. The van der Waals surface area contributed by atoms with Gasteiger partial charge in [-0.15, -0.1) is 0 Å². The molecule has 0 amide bonds. The van der Waals surface area contributed by atoms with Gasteiger partial charge in [0.15, 0.2) is 0 Å². The van der Waals surface area contributed by atoms with Crippen LogP contribution in [0.3, 0.4) is 0 Å². The van der Waals surface area contributed by atoms with Crippen LogP contribution in [0.25, 0.3) is 0 Å². The molecule has 0 radical (unpaired) electrons. The highest BCUT2D eigenvalue weighted by Gasteiger charge is 2.29. The SMILES string of the molecule is CCC(C)N(CC)C1CCCCC1O. The molecule has 0 saturated heterocycles. The van der Waals surface area contributed by atoms with Crippen molar-refractivity contribution in [1.82, 2.24) is 4.90 Å². The zero-order valence-electron chi connectivity index (χ0n) is 9.87. The highest BCUT2D eigenvalue weighted by molar-refractivity contribution is 4.84. The van der Waals surface area contributed by atoms with E-state index in [1.165, 1.54) is 25.7 Å². The van der Waals surface area contributed by atoms with Gasteiger partial charge in [0.2, 0.25) is 0 Å². The van der Waals surface area contributed by atoms with Gasteiger partial charge < -0.3 is 5.11 Å². The quantitative estimate of drug-likeness (QED) is 0.751. The molecule has 0 aromatic heterocycles. The van der Waals surface area contributed by atoms with Gasteiger partial charge in [0, 0.05) is 12.1 Å². The number of likely N-dealkylation sites (N-methyl/N-ethyl adjacent to an activating group) is 1. The van der Waals surface area contributed by atoms with Gasteiger partial charge in [-0.05, 0) is 32.7 Å². The predicted molar refractivity (Wildman–Crippen MR) is 60.4 cm³/mol. The van der Waals surface area contributed by atoms with Crippen LogP contribution in [0.15, 0.2) is 0 Å². The molecule has 84 valence electrons. The molecule has 0 heterocycles. The maximum atomic E-state index is 9.97. The summed E-state index contributed by atoms with van der Waals surface area (Å²) in [4.78, 5) is 2.48. The third kappa shape index (κ3) is 2.71. The largest absolute Gasteiger partial charge is 0.391 e. The van der Waals surface area contributed by atoms with Crippen LogP contribution in [0.2, 0.25) is 0 Å². The third-order valence-corrected chi connectivity index (χ3v) is 3.64. The zero-order chi connectivity index (χ0) is 10.6. The van der Waals surface area contributed by atoms with Crippen LogP contribution in [-0.2, 0) is 0 Å². The summed E-state index contributed by atoms with van der Waals surface area (Å²) in [6, 6.07) is 1.03. The monoisotopic (exact) mass is 199 g/mol. The van der Waals surface area contributed by atoms with Crippen LogP contribution in [0.4, 0.5) is 0 Å². The first-order valence-electron chi connectivity index (χ1n) is 6.14. The lowest BCUT2D eigenvalue weighted by atomic mass is 9.90. The lowest BCUT2D eigenvalue weighted by Crippen LogP contribution is -2.49. The lowest BCUT2D eigenvalue weighted by Gasteiger charge is -2.40. The number of nitrogens with zero attached hydrogens (tertiary/aromatic N) is 1. The number of hydrogen-bond acceptors (Lipinski definition) is 2. The average Bonchev–Trinajstić information content (AvgIpc) is 2.21. The Morgan fingerprint density at radius 1 is 1.29 bits per heavy atom. The van der Waals surface area contributed by atoms with E-state index in [1.807, 2.05) is 0 Å². The minimum Gasteiger partial charge on any atom is -0.391 e. The Kier molecular flexibility index (Phi) is 4.90. The van der Waals surface area contributed by atoms with Crippen LogP contribution in [-0.4, -0.2) is 34.7 Å². The summed E-state index contributed by atoms with van der Waals surface area (Å²) < 4.78 is 0. The first kappa shape index (κ1) is 12.0. The molecule has 2 nitrogen and oxygen atoms in total. The molecule has 3 atom stereocenters. The van der Waals surface area contributed by atoms with Gasteiger partial charge in [-0.2, -0.15) is 0 Å². The van der Waals surface area contributed by atoms with Crippen LogP contribution in [0, 0.1) is 0 Å². The van der Waals surface area contributed by atoms with E-state index in [2.05, 4.69) is 25.7 Å². The molecule has 1 aliphatic rings. The minimum absolute atomic E-state index is 0.0855. The number of rotatable bonds is 4. The van der Waals surface area contributed by atoms with Crippen LogP contribution in [0.1, 0.15) is 52.9 Å². The topological polar surface area (TPSA) is 23.5 Å². The van der Waals surface area contributed by atoms with Crippen LogP contribution < -0.4 is 0 Å². The Balaban J connectivity index is 2.57. The Morgan fingerprint density at radius 3 is 2.43 bits per heavy atom. The summed E-state index contributed by atoms with van der Waals surface area (Å²) in [5.74, 6) is 0. The van der Waals surface area contributed by atoms with Crippen molar-refractivity contribution >= 4 is 0 Å². The zero-order valence-corrected chi connectivity index (χ0v) is 9.87. The molecule has 0 spiro atoms. The van der Waals surface area contributed by atoms with Crippen LogP contribution >= 0.6 is 0 Å². The Labute approximate surface area is 88.3 Å². The Morgan fingerprint density at radius 2 is 1.93 bits per heavy atom. The number of aliphatic hydroxyl groups is 1. The summed E-state index contributed by atoms with van der Waals surface area (Å²) in [5.41, 5.74) is 0. The van der Waals surface area contributed by atoms with Crippen molar-refractivity contribution in [3.8, 4) is 0 Å². The van der Waals surface area contributed by atoms with Crippen molar-refractivity contribution < 1.29 is 5.11 Å². The molecule has 0 bridgehead atoms. The second kappa shape index (κ2) is 5.72. The second-order valence-electron chi connectivity index (χ2n) is 4.51. The fourth-order valence-corrected chi connectivity index (χ4v) is 2.59. The standard InChI is InChI=1S/C12H25NO/c1-4-10(3)13(5-2)11-8-6-7-9-12(11)14/h10-12,14H,4-9H2,1-3H3. The first-order valence-corrected chi connectivity index (χ1v) is 6.14. The minimum atomic E-state index is -0.0855. The number of hydrogen-bond donors (Lipinski definition) is 1. The van der Waals surface area contributed by atoms with Gasteiger partial charge >= 0.3 is 0 Å². The van der Waals surface area contributed by atoms with Crippen LogP contribution in [0.5, 0.6) is 0 Å². The molecule has 1 rings (SSSR count). The van der Waals surface area contributed by atoms with Crippen molar-refractivity contribution in [3.05, 3.63) is 0 Å². The lowest BCUT2D eigenvalue weighted by molar-refractivity contribution is 0.00362. The molecule has 14 heavy (non-hydrogen) atoms. The highest BCUT2D eigenvalue weighted by atomic mass is 16.3. The molecule has 2 heteroatoms. The maximum absolute atomic E-state index is 9.97. The molecule has 1 fully saturated rings. The van der Waals surface area contributed by atoms with E-state index in [-0.39, 0.29) is 6.10 Å². The van der Waals surface area contributed by atoms with Crippen molar-refractivity contribution in [2.75, 3.05) is 6.54 Å². The smallest absolute Gasteiger partial charge is 0.0695 e. The van der Waals surface area contributed by atoms with Gasteiger partial charge in [-0.25, -0.2) is 0 Å². The molecular weight excluding hydrogens is 174 g/mol. The maximum Gasteiger partial charge on any atom is 0.0695 e. The summed E-state index contributed by atoms with van der Waals surface area (Å²) in [6.45, 7) is 7.76. The molecule has 0 aromatic carbocycles. The summed E-state index contributed by atoms with van der Waals surface area (Å²) in [5, 5.41) is 9.97. The molecular formula is C12H25NO. The van der Waals surface area contributed by atoms with E-state index < -0.39 is 0 Å². The van der Waals surface area contributed by atoms with Crippen molar-refractivity contribution in [3.63, 3.8) is 0 Å². The molecule has 1 aliphatic carbocycles. The molecule has 0 aromatic rings. The van der Waals surface area contributed by atoms with Crippen molar-refractivity contribution in [1.29, 1.82) is 0 Å². The first-order chi connectivity index (χ1) is 6.70. The normalized spacial score (nSPS) is 30.6. The molecule has 0 aliphatic heterocycles. The van der Waals surface area contributed by atoms with Crippen molar-refractivity contribution in [2.24, 2.45) is 0 Å². The number of aliphatic hydroxyl groups excluding tert-OH is 1. The highest BCUT2D eigenvalue weighted by Crippen LogP contribution is 2.25. The Hall–Kier alpha value is -0.0800. The fourth-order valence-electron chi connectivity index (χ4n) is 2.59. The third-order valence-electron chi connectivity index (χ3n) is 3.64. The van der Waals surface area contributed by atoms with Gasteiger partial charge in [0.1, 0.15) is 0 Å². The predicted octanol–water partition coefficient (Wildman–Crippen LogP) is 2.41. The van der Waals surface area contributed by atoms with E-state index in [0.717, 1.165) is 13.0 Å². The summed E-state index contributed by atoms with van der Waals surface area (Å²) in [6.07, 6.45) is 5.76. The van der Waals surface area contributed by atoms with Gasteiger partial charge in [0.05, 0.1) is 6.10 Å². The van der Waals surface area contributed by atoms with E-state index in [1.54, 1.807) is 0 Å². The average molecular weight is 199 g/mol. The van der Waals surface area contributed by atoms with Gasteiger partial charge in [-0.3, -0.25) is 4.90 Å². The van der Waals surface area contributed by atoms with Crippen molar-refractivity contribution in [2.45, 2.75) is 71.1 Å². The fraction of sp³-hybridized carbons (Fsp3) is 1.00. The summed E-state index contributed by atoms with van der Waals surface area (Å²) >= 11 is 0. The molecule has 1 N–H and O–H groups in total. The summed E-state index contributed by atoms with van der Waals surface area (Å²) in [7, 11) is 0. The van der Waals surface area contributed by atoms with E-state index in [0.29, 0.717) is 12.1 Å². The van der Waals surface area contributed by atoms with Gasteiger partial charge in [0.25, 0.3) is 0 Å². The van der Waals surface area contributed by atoms with Gasteiger partial charge in [-0.1, -0.05) is 26.7 Å². The van der Waals surface area contributed by atoms with E-state index in [9.17, 15) is 5.11 Å². The van der Waals surface area contributed by atoms with E-state index in [4.69, 9.17) is 0 Å². The molecule has 1 saturated carbocycles. The van der Waals surface area contributed by atoms with E-state index >= 15 is 0 Å². The Bertz CT molecular complexity index is 156.